The number of hydrogen-bond acceptors (Lipinski definition) is 3. The van der Waals surface area contributed by atoms with Gasteiger partial charge in [0.1, 0.15) is 5.82 Å². The van der Waals surface area contributed by atoms with Crippen LogP contribution in [-0.4, -0.2) is 52.5 Å². The minimum Gasteiger partial charge on any atom is -0.341 e. The molecule has 25 heavy (non-hydrogen) atoms. The van der Waals surface area contributed by atoms with E-state index in [9.17, 15) is 0 Å². The van der Waals surface area contributed by atoms with Crippen LogP contribution >= 0.6 is 0 Å². The van der Waals surface area contributed by atoms with E-state index in [-0.39, 0.29) is 0 Å². The maximum Gasteiger partial charge on any atom is 0.121 e. The number of imidazole rings is 1. The Hall–Kier alpha value is -2.17. The molecule has 0 unspecified atom stereocenters. The third kappa shape index (κ3) is 4.09. The van der Waals surface area contributed by atoms with Gasteiger partial charge in [0.25, 0.3) is 0 Å². The summed E-state index contributed by atoms with van der Waals surface area (Å²) >= 11 is 0. The molecule has 4 rings (SSSR count). The molecule has 2 heterocycles. The summed E-state index contributed by atoms with van der Waals surface area (Å²) < 4.78 is 0. The van der Waals surface area contributed by atoms with Crippen LogP contribution in [0, 0.1) is 6.92 Å². The number of nitrogens with one attached hydrogen (secondary N) is 1. The van der Waals surface area contributed by atoms with Crippen molar-refractivity contribution in [1.29, 1.82) is 0 Å². The highest BCUT2D eigenvalue weighted by Gasteiger charge is 2.17. The number of nitrogens with zero attached hydrogens (tertiary/aromatic N) is 3. The molecule has 4 heteroatoms. The molecule has 3 aromatic rings. The Morgan fingerprint density at radius 1 is 0.960 bits per heavy atom. The van der Waals surface area contributed by atoms with Crippen molar-refractivity contribution in [3.8, 4) is 0 Å². The predicted octanol–water partition coefficient (Wildman–Crippen LogP) is 3.23. The monoisotopic (exact) mass is 334 g/mol. The summed E-state index contributed by atoms with van der Waals surface area (Å²) in [6.45, 7) is 8.71. The summed E-state index contributed by atoms with van der Waals surface area (Å²) in [6.07, 6.45) is 1.14. The lowest BCUT2D eigenvalue weighted by molar-refractivity contribution is 0.126. The zero-order valence-electron chi connectivity index (χ0n) is 14.9. The summed E-state index contributed by atoms with van der Waals surface area (Å²) in [5.41, 5.74) is 4.93. The number of aryl methyl sites for hydroxylation is 1. The van der Waals surface area contributed by atoms with Crippen LogP contribution in [0.4, 0.5) is 0 Å². The van der Waals surface area contributed by atoms with E-state index in [1.807, 2.05) is 0 Å². The highest BCUT2D eigenvalue weighted by molar-refractivity contribution is 5.75. The van der Waals surface area contributed by atoms with E-state index in [1.165, 1.54) is 11.1 Å². The average Bonchev–Trinajstić information content (AvgIpc) is 3.03. The van der Waals surface area contributed by atoms with Crippen molar-refractivity contribution in [1.82, 2.24) is 19.8 Å². The molecular formula is C21H26N4. The van der Waals surface area contributed by atoms with Crippen molar-refractivity contribution in [3.63, 3.8) is 0 Å². The molecule has 1 aromatic heterocycles. The van der Waals surface area contributed by atoms with Crippen LogP contribution in [0.5, 0.6) is 0 Å². The Balaban J connectivity index is 1.28. The van der Waals surface area contributed by atoms with Crippen molar-refractivity contribution in [2.75, 3.05) is 32.7 Å². The van der Waals surface area contributed by atoms with Crippen LogP contribution in [0.15, 0.2) is 48.5 Å². The van der Waals surface area contributed by atoms with Crippen molar-refractivity contribution >= 4 is 11.0 Å². The van der Waals surface area contributed by atoms with Gasteiger partial charge >= 0.3 is 0 Å². The zero-order chi connectivity index (χ0) is 17.1. The van der Waals surface area contributed by atoms with Gasteiger partial charge < -0.3 is 9.88 Å². The number of hydrogen-bond donors (Lipinski definition) is 1. The van der Waals surface area contributed by atoms with Gasteiger partial charge in [-0.1, -0.05) is 36.4 Å². The SMILES string of the molecule is Cc1ccc2nc(CN3CCN(CCc4ccccc4)CC3)[nH]c2c1. The molecule has 4 nitrogen and oxygen atoms in total. The maximum absolute atomic E-state index is 4.73. The topological polar surface area (TPSA) is 35.2 Å². The lowest BCUT2D eigenvalue weighted by Gasteiger charge is -2.34. The Kier molecular flexibility index (Phi) is 4.81. The van der Waals surface area contributed by atoms with Crippen LogP contribution in [0.2, 0.25) is 0 Å². The Morgan fingerprint density at radius 2 is 1.72 bits per heavy atom. The van der Waals surface area contributed by atoms with Crippen molar-refractivity contribution < 1.29 is 0 Å². The molecule has 1 aliphatic heterocycles. The Bertz CT molecular complexity index is 816. The van der Waals surface area contributed by atoms with E-state index < -0.39 is 0 Å². The quantitative estimate of drug-likeness (QED) is 0.778. The van der Waals surface area contributed by atoms with Gasteiger partial charge in [0.15, 0.2) is 0 Å². The van der Waals surface area contributed by atoms with Crippen molar-refractivity contribution in [2.24, 2.45) is 0 Å². The molecule has 0 spiro atoms. The van der Waals surface area contributed by atoms with Gasteiger partial charge in [-0.15, -0.1) is 0 Å². The van der Waals surface area contributed by atoms with Crippen molar-refractivity contribution in [2.45, 2.75) is 19.9 Å². The van der Waals surface area contributed by atoms with E-state index in [0.717, 1.165) is 62.5 Å². The molecule has 1 fully saturated rings. The fourth-order valence-corrected chi connectivity index (χ4v) is 3.57. The first-order valence-electron chi connectivity index (χ1n) is 9.20. The van der Waals surface area contributed by atoms with Crippen LogP contribution in [-0.2, 0) is 13.0 Å². The zero-order valence-corrected chi connectivity index (χ0v) is 14.9. The number of piperazine rings is 1. The molecule has 0 atom stereocenters. The number of aromatic amines is 1. The van der Waals surface area contributed by atoms with Gasteiger partial charge in [0, 0.05) is 32.7 Å². The van der Waals surface area contributed by atoms with E-state index in [1.54, 1.807) is 0 Å². The maximum atomic E-state index is 4.73. The minimum absolute atomic E-state index is 0.917. The first-order chi connectivity index (χ1) is 12.3. The third-order valence-electron chi connectivity index (χ3n) is 5.08. The lowest BCUT2D eigenvalue weighted by Crippen LogP contribution is -2.46. The fourth-order valence-electron chi connectivity index (χ4n) is 3.57. The average molecular weight is 334 g/mol. The fraction of sp³-hybridized carbons (Fsp3) is 0.381. The van der Waals surface area contributed by atoms with E-state index in [0.29, 0.717) is 0 Å². The lowest BCUT2D eigenvalue weighted by atomic mass is 10.1. The first kappa shape index (κ1) is 16.3. The molecular weight excluding hydrogens is 308 g/mol. The van der Waals surface area contributed by atoms with Crippen LogP contribution in [0.25, 0.3) is 11.0 Å². The van der Waals surface area contributed by atoms with Gasteiger partial charge in [0.2, 0.25) is 0 Å². The van der Waals surface area contributed by atoms with Crippen molar-refractivity contribution in [3.05, 3.63) is 65.5 Å². The molecule has 0 aliphatic carbocycles. The van der Waals surface area contributed by atoms with Gasteiger partial charge in [-0.05, 0) is 36.6 Å². The minimum atomic E-state index is 0.917. The Morgan fingerprint density at radius 3 is 2.52 bits per heavy atom. The Labute approximate surface area is 149 Å². The summed E-state index contributed by atoms with van der Waals surface area (Å²) in [7, 11) is 0. The summed E-state index contributed by atoms with van der Waals surface area (Å²) in [4.78, 5) is 13.3. The second-order valence-electron chi connectivity index (χ2n) is 7.06. The molecule has 130 valence electrons. The van der Waals surface area contributed by atoms with Gasteiger partial charge in [-0.3, -0.25) is 4.90 Å². The predicted molar refractivity (Wildman–Crippen MR) is 103 cm³/mol. The van der Waals surface area contributed by atoms with Gasteiger partial charge in [-0.25, -0.2) is 4.98 Å². The molecule has 1 aliphatic rings. The molecule has 0 radical (unpaired) electrons. The van der Waals surface area contributed by atoms with E-state index in [2.05, 4.69) is 70.2 Å². The summed E-state index contributed by atoms with van der Waals surface area (Å²) in [5.74, 6) is 1.08. The summed E-state index contributed by atoms with van der Waals surface area (Å²) in [6, 6.07) is 17.2. The number of rotatable bonds is 5. The standard InChI is InChI=1S/C21H26N4/c1-17-7-8-19-20(15-17)23-21(22-19)16-25-13-11-24(12-14-25)10-9-18-5-3-2-4-6-18/h2-8,15H,9-14,16H2,1H3,(H,22,23). The largest absolute Gasteiger partial charge is 0.341 e. The summed E-state index contributed by atoms with van der Waals surface area (Å²) in [5, 5.41) is 0. The van der Waals surface area contributed by atoms with Crippen LogP contribution in [0.3, 0.4) is 0 Å². The molecule has 1 N–H and O–H groups in total. The first-order valence-corrected chi connectivity index (χ1v) is 9.20. The highest BCUT2D eigenvalue weighted by Crippen LogP contribution is 2.15. The highest BCUT2D eigenvalue weighted by atomic mass is 15.3. The molecule has 1 saturated heterocycles. The number of fused-ring (bicyclic) bond motifs is 1. The van der Waals surface area contributed by atoms with E-state index >= 15 is 0 Å². The molecule has 0 saturated carbocycles. The van der Waals surface area contributed by atoms with Crippen LogP contribution in [0.1, 0.15) is 17.0 Å². The third-order valence-corrected chi connectivity index (χ3v) is 5.08. The number of aromatic nitrogens is 2. The molecule has 0 bridgehead atoms. The number of benzene rings is 2. The molecule has 2 aromatic carbocycles. The van der Waals surface area contributed by atoms with Crippen LogP contribution < -0.4 is 0 Å². The number of H-pyrrole nitrogens is 1. The molecule has 0 amide bonds. The van der Waals surface area contributed by atoms with Gasteiger partial charge in [-0.2, -0.15) is 0 Å². The second kappa shape index (κ2) is 7.38. The smallest absolute Gasteiger partial charge is 0.121 e. The van der Waals surface area contributed by atoms with E-state index in [4.69, 9.17) is 4.98 Å². The van der Waals surface area contributed by atoms with Gasteiger partial charge in [0.05, 0.1) is 17.6 Å². The normalized spacial score (nSPS) is 16.5. The second-order valence-corrected chi connectivity index (χ2v) is 7.06.